The van der Waals surface area contributed by atoms with Gasteiger partial charge in [0.15, 0.2) is 0 Å². The number of carboxylic acids is 1. The zero-order valence-corrected chi connectivity index (χ0v) is 15.7. The van der Waals surface area contributed by atoms with Crippen molar-refractivity contribution in [1.82, 2.24) is 15.6 Å². The van der Waals surface area contributed by atoms with E-state index in [0.717, 1.165) is 24.0 Å². The molecular weight excluding hydrogens is 358 g/mol. The normalized spacial score (nSPS) is 14.3. The van der Waals surface area contributed by atoms with Gasteiger partial charge in [-0.05, 0) is 55.0 Å². The number of benzene rings is 1. The number of carboxylic acid groups (broad SMARTS) is 1. The Hall–Kier alpha value is -3.09. The molecule has 1 fully saturated rings. The summed E-state index contributed by atoms with van der Waals surface area (Å²) >= 11 is 0. The van der Waals surface area contributed by atoms with Crippen LogP contribution in [0.15, 0.2) is 42.6 Å². The number of amides is 2. The first-order chi connectivity index (χ1) is 13.6. The maximum absolute atomic E-state index is 12.0. The number of hydrogen-bond acceptors (Lipinski definition) is 4. The lowest BCUT2D eigenvalue weighted by atomic mass is 9.98. The molecule has 148 valence electrons. The van der Waals surface area contributed by atoms with E-state index in [1.807, 2.05) is 12.1 Å². The fourth-order valence-electron chi connectivity index (χ4n) is 3.17. The van der Waals surface area contributed by atoms with E-state index in [9.17, 15) is 9.59 Å². The summed E-state index contributed by atoms with van der Waals surface area (Å²) < 4.78 is 5.95. The van der Waals surface area contributed by atoms with Gasteiger partial charge in [-0.1, -0.05) is 18.6 Å². The Labute approximate surface area is 164 Å². The number of carbonyl (C=O) groups excluding carboxylic acids is 1. The topological polar surface area (TPSA) is 101 Å². The summed E-state index contributed by atoms with van der Waals surface area (Å²) in [6.45, 7) is 0.686. The van der Waals surface area contributed by atoms with Gasteiger partial charge in [0.1, 0.15) is 6.10 Å². The Morgan fingerprint density at radius 2 is 1.68 bits per heavy atom. The molecule has 1 heterocycles. The van der Waals surface area contributed by atoms with Crippen LogP contribution in [-0.4, -0.2) is 28.2 Å². The smallest absolute Gasteiger partial charge is 0.335 e. The summed E-state index contributed by atoms with van der Waals surface area (Å²) in [6, 6.07) is 9.81. The first-order valence-electron chi connectivity index (χ1n) is 9.55. The van der Waals surface area contributed by atoms with Crippen molar-refractivity contribution >= 4 is 12.0 Å². The summed E-state index contributed by atoms with van der Waals surface area (Å²) in [4.78, 5) is 27.1. The van der Waals surface area contributed by atoms with Crippen molar-refractivity contribution in [3.8, 4) is 5.88 Å². The number of carbonyl (C=O) groups is 2. The Bertz CT molecular complexity index is 802. The Morgan fingerprint density at radius 3 is 2.36 bits per heavy atom. The maximum Gasteiger partial charge on any atom is 0.335 e. The van der Waals surface area contributed by atoms with Crippen LogP contribution < -0.4 is 15.4 Å². The molecule has 0 radical (unpaired) electrons. The molecule has 0 saturated heterocycles. The third kappa shape index (κ3) is 5.97. The molecule has 3 N–H and O–H groups in total. The lowest BCUT2D eigenvalue weighted by Gasteiger charge is -2.22. The zero-order chi connectivity index (χ0) is 19.8. The first-order valence-corrected chi connectivity index (χ1v) is 9.55. The molecule has 0 atom stereocenters. The van der Waals surface area contributed by atoms with E-state index in [0.29, 0.717) is 19.0 Å². The van der Waals surface area contributed by atoms with Crippen molar-refractivity contribution in [2.45, 2.75) is 51.3 Å². The van der Waals surface area contributed by atoms with Crippen LogP contribution in [0.4, 0.5) is 4.79 Å². The molecule has 0 spiro atoms. The molecule has 0 aliphatic heterocycles. The number of pyridine rings is 1. The summed E-state index contributed by atoms with van der Waals surface area (Å²) in [6.07, 6.45) is 7.74. The average molecular weight is 383 g/mol. The third-order valence-electron chi connectivity index (χ3n) is 4.75. The lowest BCUT2D eigenvalue weighted by molar-refractivity contribution is 0.0697. The maximum atomic E-state index is 12.0. The van der Waals surface area contributed by atoms with Gasteiger partial charge in [-0.25, -0.2) is 14.6 Å². The first kappa shape index (κ1) is 19.7. The number of aromatic carboxylic acids is 1. The SMILES string of the molecule is O=C(NCc1ccc(C(=O)O)cc1)NCc1ccnc(OC2CCCCC2)c1. The van der Waals surface area contributed by atoms with Gasteiger partial charge in [0.05, 0.1) is 5.56 Å². The second-order valence-corrected chi connectivity index (χ2v) is 6.92. The van der Waals surface area contributed by atoms with Crippen LogP contribution in [0.3, 0.4) is 0 Å². The second-order valence-electron chi connectivity index (χ2n) is 6.92. The highest BCUT2D eigenvalue weighted by molar-refractivity contribution is 5.87. The molecule has 1 aliphatic rings. The van der Waals surface area contributed by atoms with Crippen molar-refractivity contribution in [2.24, 2.45) is 0 Å². The van der Waals surface area contributed by atoms with Gasteiger partial charge in [-0.3, -0.25) is 0 Å². The Balaban J connectivity index is 1.43. The summed E-state index contributed by atoms with van der Waals surface area (Å²) in [5.41, 5.74) is 1.96. The van der Waals surface area contributed by atoms with E-state index in [-0.39, 0.29) is 17.7 Å². The fourth-order valence-corrected chi connectivity index (χ4v) is 3.17. The van der Waals surface area contributed by atoms with Gasteiger partial charge in [0.2, 0.25) is 5.88 Å². The monoisotopic (exact) mass is 383 g/mol. The van der Waals surface area contributed by atoms with Crippen molar-refractivity contribution in [3.63, 3.8) is 0 Å². The molecule has 2 aromatic rings. The molecule has 1 aliphatic carbocycles. The number of urea groups is 1. The number of ether oxygens (including phenoxy) is 1. The quantitative estimate of drug-likeness (QED) is 0.679. The Kier molecular flexibility index (Phi) is 6.84. The van der Waals surface area contributed by atoms with Gasteiger partial charge in [-0.2, -0.15) is 0 Å². The van der Waals surface area contributed by atoms with Gasteiger partial charge in [-0.15, -0.1) is 0 Å². The average Bonchev–Trinajstić information content (AvgIpc) is 2.72. The van der Waals surface area contributed by atoms with Crippen LogP contribution in [0.25, 0.3) is 0 Å². The number of nitrogens with zero attached hydrogens (tertiary/aromatic N) is 1. The summed E-state index contributed by atoms with van der Waals surface area (Å²) in [5, 5.41) is 14.4. The minimum atomic E-state index is -0.971. The number of hydrogen-bond donors (Lipinski definition) is 3. The van der Waals surface area contributed by atoms with Crippen LogP contribution in [0, 0.1) is 0 Å². The van der Waals surface area contributed by atoms with E-state index in [1.165, 1.54) is 31.4 Å². The summed E-state index contributed by atoms with van der Waals surface area (Å²) in [7, 11) is 0. The molecule has 0 bridgehead atoms. The molecule has 28 heavy (non-hydrogen) atoms. The van der Waals surface area contributed by atoms with E-state index in [4.69, 9.17) is 9.84 Å². The van der Waals surface area contributed by atoms with Crippen LogP contribution >= 0.6 is 0 Å². The number of aromatic nitrogens is 1. The molecular formula is C21H25N3O4. The van der Waals surface area contributed by atoms with Gasteiger partial charge in [0.25, 0.3) is 0 Å². The van der Waals surface area contributed by atoms with E-state index < -0.39 is 5.97 Å². The van der Waals surface area contributed by atoms with Crippen LogP contribution in [-0.2, 0) is 13.1 Å². The molecule has 1 aromatic carbocycles. The van der Waals surface area contributed by atoms with Gasteiger partial charge >= 0.3 is 12.0 Å². The van der Waals surface area contributed by atoms with Crippen LogP contribution in [0.2, 0.25) is 0 Å². The fraction of sp³-hybridized carbons (Fsp3) is 0.381. The van der Waals surface area contributed by atoms with Crippen molar-refractivity contribution in [3.05, 3.63) is 59.3 Å². The molecule has 0 unspecified atom stereocenters. The zero-order valence-electron chi connectivity index (χ0n) is 15.7. The molecule has 7 nitrogen and oxygen atoms in total. The Morgan fingerprint density at radius 1 is 1.00 bits per heavy atom. The molecule has 7 heteroatoms. The highest BCUT2D eigenvalue weighted by Crippen LogP contribution is 2.22. The standard InChI is InChI=1S/C21H25N3O4/c25-20(26)17-8-6-15(7-9-17)13-23-21(27)24-14-16-10-11-22-19(12-16)28-18-4-2-1-3-5-18/h6-12,18H,1-5,13-14H2,(H,25,26)(H2,23,24,27). The third-order valence-corrected chi connectivity index (χ3v) is 4.75. The number of nitrogens with one attached hydrogen (secondary N) is 2. The van der Waals surface area contributed by atoms with Crippen molar-refractivity contribution < 1.29 is 19.4 Å². The van der Waals surface area contributed by atoms with Crippen molar-refractivity contribution in [1.29, 1.82) is 0 Å². The second kappa shape index (κ2) is 9.73. The summed E-state index contributed by atoms with van der Waals surface area (Å²) in [5.74, 6) is -0.369. The minimum absolute atomic E-state index is 0.220. The molecule has 1 saturated carbocycles. The lowest BCUT2D eigenvalue weighted by Crippen LogP contribution is -2.34. The van der Waals surface area contributed by atoms with Gasteiger partial charge < -0.3 is 20.5 Å². The molecule has 1 aromatic heterocycles. The van der Waals surface area contributed by atoms with Crippen LogP contribution in [0.5, 0.6) is 5.88 Å². The molecule has 3 rings (SSSR count). The van der Waals surface area contributed by atoms with Crippen LogP contribution in [0.1, 0.15) is 53.6 Å². The van der Waals surface area contributed by atoms with Gasteiger partial charge in [0, 0.05) is 25.4 Å². The highest BCUT2D eigenvalue weighted by Gasteiger charge is 2.15. The molecule has 2 amide bonds. The van der Waals surface area contributed by atoms with E-state index in [2.05, 4.69) is 15.6 Å². The number of rotatable bonds is 7. The largest absolute Gasteiger partial charge is 0.478 e. The predicted octanol–water partition coefficient (Wildman–Crippen LogP) is 3.49. The highest BCUT2D eigenvalue weighted by atomic mass is 16.5. The minimum Gasteiger partial charge on any atom is -0.478 e. The predicted molar refractivity (Wildman–Crippen MR) is 104 cm³/mol. The van der Waals surface area contributed by atoms with Crippen molar-refractivity contribution in [2.75, 3.05) is 0 Å². The van der Waals surface area contributed by atoms with E-state index >= 15 is 0 Å². The van der Waals surface area contributed by atoms with E-state index in [1.54, 1.807) is 18.3 Å².